The zero-order valence-corrected chi connectivity index (χ0v) is 22.4. The van der Waals surface area contributed by atoms with Crippen molar-refractivity contribution in [2.75, 3.05) is 26.6 Å². The number of hydrogen-bond acceptors (Lipinski definition) is 5. The topological polar surface area (TPSA) is 60.1 Å². The van der Waals surface area contributed by atoms with Gasteiger partial charge in [0.2, 0.25) is 0 Å². The zero-order valence-electron chi connectivity index (χ0n) is 22.4. The average Bonchev–Trinajstić information content (AvgIpc) is 3.03. The number of hydrogen-bond donors (Lipinski definition) is 5. The molecule has 0 aliphatic carbocycles. The van der Waals surface area contributed by atoms with E-state index < -0.39 is 0 Å². The van der Waals surface area contributed by atoms with Gasteiger partial charge in [0, 0.05) is 34.5 Å². The molecule has 0 aliphatic rings. The van der Waals surface area contributed by atoms with Gasteiger partial charge in [-0.25, -0.2) is 0 Å². The highest BCUT2D eigenvalue weighted by atomic mass is 15.1. The maximum absolute atomic E-state index is 3.71. The Labute approximate surface area is 240 Å². The molecule has 1 radical (unpaired) electrons. The number of anilines is 10. The summed E-state index contributed by atoms with van der Waals surface area (Å²) >= 11 is 0. The van der Waals surface area contributed by atoms with E-state index in [9.17, 15) is 0 Å². The summed E-state index contributed by atoms with van der Waals surface area (Å²) < 4.78 is 0. The lowest BCUT2D eigenvalue weighted by atomic mass is 10.1. The van der Waals surface area contributed by atoms with Crippen LogP contribution in [-0.2, 0) is 0 Å². The first-order valence-corrected chi connectivity index (χ1v) is 13.6. The molecule has 6 aromatic rings. The van der Waals surface area contributed by atoms with E-state index in [-0.39, 0.29) is 0 Å². The quantitative estimate of drug-likeness (QED) is 0.121. The van der Waals surface area contributed by atoms with Crippen molar-refractivity contribution < 1.29 is 0 Å². The van der Waals surface area contributed by atoms with Gasteiger partial charge in [-0.3, -0.25) is 0 Å². The number of rotatable bonds is 10. The van der Waals surface area contributed by atoms with Crippen LogP contribution in [0.5, 0.6) is 0 Å². The first-order valence-electron chi connectivity index (χ1n) is 13.6. The normalized spacial score (nSPS) is 10.4. The van der Waals surface area contributed by atoms with Crippen LogP contribution in [-0.4, -0.2) is 0 Å². The first kappa shape index (κ1) is 25.6. The summed E-state index contributed by atoms with van der Waals surface area (Å²) in [7, 11) is 0. The third-order valence-corrected chi connectivity index (χ3v) is 6.47. The Kier molecular flexibility index (Phi) is 7.77. The molecule has 0 fully saturated rings. The predicted molar refractivity (Wildman–Crippen MR) is 174 cm³/mol. The van der Waals surface area contributed by atoms with Crippen molar-refractivity contribution in [3.05, 3.63) is 158 Å². The van der Waals surface area contributed by atoms with Gasteiger partial charge >= 0.3 is 0 Å². The van der Waals surface area contributed by atoms with E-state index in [0.717, 1.165) is 56.9 Å². The van der Waals surface area contributed by atoms with Gasteiger partial charge < -0.3 is 26.6 Å². The van der Waals surface area contributed by atoms with Crippen LogP contribution < -0.4 is 26.6 Å². The van der Waals surface area contributed by atoms with Crippen molar-refractivity contribution in [1.29, 1.82) is 0 Å². The third-order valence-electron chi connectivity index (χ3n) is 6.47. The fraction of sp³-hybridized carbons (Fsp3) is 0. The van der Waals surface area contributed by atoms with Crippen LogP contribution in [0.2, 0.25) is 0 Å². The standard InChI is InChI=1S/C36H30N5/c1-6-16-27(17-7-1)37-32-26-33(38-28-18-8-2-9-19-28)35(40-30-22-12-4-13-23-30)36(41-31-24-14-5-15-25-31)34(32)39-29-20-10-3-11-21-29/h1-25,37-41H. The number of benzene rings is 6. The second-order valence-electron chi connectivity index (χ2n) is 9.46. The van der Waals surface area contributed by atoms with E-state index in [4.69, 9.17) is 0 Å². The molecule has 6 rings (SSSR count). The molecule has 5 nitrogen and oxygen atoms in total. The zero-order chi connectivity index (χ0) is 27.7. The van der Waals surface area contributed by atoms with E-state index in [2.05, 4.69) is 69.0 Å². The second kappa shape index (κ2) is 12.5. The molecular weight excluding hydrogens is 502 g/mol. The van der Waals surface area contributed by atoms with Crippen molar-refractivity contribution >= 4 is 56.9 Å². The van der Waals surface area contributed by atoms with Crippen LogP contribution in [0, 0.1) is 6.07 Å². The maximum Gasteiger partial charge on any atom is 0.0906 e. The minimum Gasteiger partial charge on any atom is -0.353 e. The van der Waals surface area contributed by atoms with Gasteiger partial charge in [0.05, 0.1) is 28.4 Å². The Morgan fingerprint density at radius 1 is 0.268 bits per heavy atom. The number of nitrogens with one attached hydrogen (secondary N) is 5. The number of para-hydroxylation sites is 5. The van der Waals surface area contributed by atoms with Gasteiger partial charge in [0.1, 0.15) is 0 Å². The molecule has 0 saturated heterocycles. The smallest absolute Gasteiger partial charge is 0.0906 e. The first-order chi connectivity index (χ1) is 20.3. The summed E-state index contributed by atoms with van der Waals surface area (Å²) in [5.74, 6) is 0. The van der Waals surface area contributed by atoms with Crippen molar-refractivity contribution in [3.63, 3.8) is 0 Å². The second-order valence-corrected chi connectivity index (χ2v) is 9.46. The van der Waals surface area contributed by atoms with Gasteiger partial charge in [-0.15, -0.1) is 0 Å². The van der Waals surface area contributed by atoms with Gasteiger partial charge in [0.25, 0.3) is 0 Å². The van der Waals surface area contributed by atoms with Gasteiger partial charge in [0.15, 0.2) is 0 Å². The van der Waals surface area contributed by atoms with Crippen molar-refractivity contribution in [1.82, 2.24) is 0 Å². The van der Waals surface area contributed by atoms with Crippen molar-refractivity contribution in [2.45, 2.75) is 0 Å². The third kappa shape index (κ3) is 6.49. The Morgan fingerprint density at radius 2 is 0.512 bits per heavy atom. The monoisotopic (exact) mass is 532 g/mol. The molecule has 41 heavy (non-hydrogen) atoms. The fourth-order valence-corrected chi connectivity index (χ4v) is 4.52. The summed E-state index contributed by atoms with van der Waals surface area (Å²) in [6.45, 7) is 0. The lowest BCUT2D eigenvalue weighted by molar-refractivity contribution is 1.43. The minimum atomic E-state index is 0.788. The SMILES string of the molecule is [c]1c(Nc2ccccc2)c(Nc2ccccc2)c(Nc2ccccc2)c(Nc2ccccc2)c1Nc1ccccc1. The summed E-state index contributed by atoms with van der Waals surface area (Å²) in [5.41, 5.74) is 8.93. The van der Waals surface area contributed by atoms with Crippen LogP contribution in [0.3, 0.4) is 0 Å². The molecule has 0 saturated carbocycles. The molecule has 0 aliphatic heterocycles. The van der Waals surface area contributed by atoms with Gasteiger partial charge in [-0.2, -0.15) is 0 Å². The Hall–Kier alpha value is -5.68. The molecule has 0 bridgehead atoms. The van der Waals surface area contributed by atoms with Crippen LogP contribution in [0.15, 0.2) is 152 Å². The molecule has 5 heteroatoms. The lowest BCUT2D eigenvalue weighted by Gasteiger charge is -2.26. The fourth-order valence-electron chi connectivity index (χ4n) is 4.52. The Balaban J connectivity index is 1.58. The van der Waals surface area contributed by atoms with Crippen LogP contribution >= 0.6 is 0 Å². The van der Waals surface area contributed by atoms with E-state index in [1.807, 2.05) is 115 Å². The highest BCUT2D eigenvalue weighted by molar-refractivity contribution is 6.03. The van der Waals surface area contributed by atoms with E-state index in [0.29, 0.717) is 0 Å². The molecule has 199 valence electrons. The molecule has 0 atom stereocenters. The van der Waals surface area contributed by atoms with E-state index in [1.54, 1.807) is 0 Å². The van der Waals surface area contributed by atoms with E-state index in [1.165, 1.54) is 0 Å². The predicted octanol–water partition coefficient (Wildman–Crippen LogP) is 10.2. The van der Waals surface area contributed by atoms with Crippen LogP contribution in [0.25, 0.3) is 0 Å². The molecule has 0 spiro atoms. The molecule has 5 N–H and O–H groups in total. The molecule has 0 heterocycles. The van der Waals surface area contributed by atoms with Crippen molar-refractivity contribution in [2.24, 2.45) is 0 Å². The van der Waals surface area contributed by atoms with Gasteiger partial charge in [-0.05, 0) is 60.7 Å². The summed E-state index contributed by atoms with van der Waals surface area (Å²) in [6.07, 6.45) is 0. The highest BCUT2D eigenvalue weighted by Gasteiger charge is 2.21. The molecule has 0 unspecified atom stereocenters. The summed E-state index contributed by atoms with van der Waals surface area (Å²) in [4.78, 5) is 0. The van der Waals surface area contributed by atoms with E-state index >= 15 is 0 Å². The summed E-state index contributed by atoms with van der Waals surface area (Å²) in [6, 6.07) is 54.5. The summed E-state index contributed by atoms with van der Waals surface area (Å²) in [5, 5.41) is 18.3. The molecule has 0 aromatic heterocycles. The Bertz CT molecular complexity index is 1570. The van der Waals surface area contributed by atoms with Crippen LogP contribution in [0.1, 0.15) is 0 Å². The average molecular weight is 533 g/mol. The molecule has 6 aromatic carbocycles. The minimum absolute atomic E-state index is 0.788. The Morgan fingerprint density at radius 3 is 0.805 bits per heavy atom. The molecular formula is C36H30N5. The maximum atomic E-state index is 3.71. The lowest BCUT2D eigenvalue weighted by Crippen LogP contribution is -2.08. The largest absolute Gasteiger partial charge is 0.353 e. The molecule has 0 amide bonds. The van der Waals surface area contributed by atoms with Crippen LogP contribution in [0.4, 0.5) is 56.9 Å². The highest BCUT2D eigenvalue weighted by Crippen LogP contribution is 2.48. The van der Waals surface area contributed by atoms with Gasteiger partial charge in [-0.1, -0.05) is 91.0 Å². The van der Waals surface area contributed by atoms with Crippen molar-refractivity contribution in [3.8, 4) is 0 Å².